The van der Waals surface area contributed by atoms with Crippen LogP contribution in [0.15, 0.2) is 48.5 Å². The molecule has 7 heteroatoms. The van der Waals surface area contributed by atoms with Crippen LogP contribution in [-0.4, -0.2) is 42.3 Å². The Morgan fingerprint density at radius 2 is 1.48 bits per heavy atom. The number of nitrogens with one attached hydrogen (secondary N) is 3. The van der Waals surface area contributed by atoms with Crippen LogP contribution in [0.3, 0.4) is 0 Å². The number of hydrogen-bond donors (Lipinski definition) is 3. The predicted molar refractivity (Wildman–Crippen MR) is 114 cm³/mol. The maximum absolute atomic E-state index is 12.5. The van der Waals surface area contributed by atoms with Gasteiger partial charge in [0.05, 0.1) is 6.54 Å². The second-order valence-electron chi connectivity index (χ2n) is 6.96. The Hall–Kier alpha value is -3.35. The molecule has 1 aliphatic rings. The molecule has 0 atom stereocenters. The summed E-state index contributed by atoms with van der Waals surface area (Å²) in [6.45, 7) is 3.43. The number of hydrogen-bond acceptors (Lipinski definition) is 4. The van der Waals surface area contributed by atoms with Crippen molar-refractivity contribution in [1.29, 1.82) is 0 Å². The number of nitrogens with zero attached hydrogens (tertiary/aromatic N) is 1. The topological polar surface area (TPSA) is 90.5 Å². The van der Waals surface area contributed by atoms with Gasteiger partial charge in [-0.25, -0.2) is 0 Å². The molecular formula is C22H26N4O3. The van der Waals surface area contributed by atoms with Gasteiger partial charge in [-0.1, -0.05) is 19.1 Å². The molecule has 29 heavy (non-hydrogen) atoms. The van der Waals surface area contributed by atoms with Crippen molar-refractivity contribution >= 4 is 34.8 Å². The first-order valence-corrected chi connectivity index (χ1v) is 9.88. The first-order valence-electron chi connectivity index (χ1n) is 9.88. The van der Waals surface area contributed by atoms with Crippen molar-refractivity contribution in [1.82, 2.24) is 4.90 Å². The van der Waals surface area contributed by atoms with Gasteiger partial charge >= 0.3 is 0 Å². The van der Waals surface area contributed by atoms with Crippen molar-refractivity contribution in [3.8, 4) is 0 Å². The lowest BCUT2D eigenvalue weighted by atomic mass is 10.1. The summed E-state index contributed by atoms with van der Waals surface area (Å²) in [6, 6.07) is 14.2. The van der Waals surface area contributed by atoms with E-state index in [9.17, 15) is 14.4 Å². The summed E-state index contributed by atoms with van der Waals surface area (Å²) in [5.74, 6) is -0.287. The fraction of sp³-hybridized carbons (Fsp3) is 0.318. The van der Waals surface area contributed by atoms with Crippen LogP contribution in [0.2, 0.25) is 0 Å². The van der Waals surface area contributed by atoms with Gasteiger partial charge in [0, 0.05) is 42.1 Å². The minimum atomic E-state index is -0.223. The second-order valence-corrected chi connectivity index (χ2v) is 6.96. The van der Waals surface area contributed by atoms with E-state index in [4.69, 9.17) is 0 Å². The quantitative estimate of drug-likeness (QED) is 0.672. The summed E-state index contributed by atoms with van der Waals surface area (Å²) in [5.41, 5.74) is 2.57. The molecule has 3 rings (SSSR count). The Morgan fingerprint density at radius 3 is 2.21 bits per heavy atom. The SMILES string of the molecule is CCC(=O)Nc1cccc(NCC(=O)Nc2cccc(C(=O)N3CCCC3)c2)c1. The van der Waals surface area contributed by atoms with E-state index in [1.807, 2.05) is 11.0 Å². The highest BCUT2D eigenvalue weighted by molar-refractivity contribution is 5.98. The third-order valence-corrected chi connectivity index (χ3v) is 4.71. The van der Waals surface area contributed by atoms with Crippen LogP contribution in [0.5, 0.6) is 0 Å². The zero-order valence-corrected chi connectivity index (χ0v) is 16.5. The van der Waals surface area contributed by atoms with Crippen molar-refractivity contribution in [3.63, 3.8) is 0 Å². The van der Waals surface area contributed by atoms with Crippen LogP contribution in [0.4, 0.5) is 17.1 Å². The Bertz CT molecular complexity index is 891. The number of carbonyl (C=O) groups is 3. The monoisotopic (exact) mass is 394 g/mol. The highest BCUT2D eigenvalue weighted by Gasteiger charge is 2.19. The molecule has 1 heterocycles. The van der Waals surface area contributed by atoms with Gasteiger partial charge in [-0.15, -0.1) is 0 Å². The summed E-state index contributed by atoms with van der Waals surface area (Å²) in [4.78, 5) is 38.1. The van der Waals surface area contributed by atoms with Gasteiger partial charge in [0.15, 0.2) is 0 Å². The lowest BCUT2D eigenvalue weighted by molar-refractivity contribution is -0.116. The molecule has 2 aromatic rings. The van der Waals surface area contributed by atoms with E-state index >= 15 is 0 Å². The molecule has 3 N–H and O–H groups in total. The highest BCUT2D eigenvalue weighted by Crippen LogP contribution is 2.17. The van der Waals surface area contributed by atoms with Gasteiger partial charge in [0.25, 0.3) is 5.91 Å². The molecule has 152 valence electrons. The summed E-state index contributed by atoms with van der Waals surface area (Å²) in [7, 11) is 0. The average Bonchev–Trinajstić information content (AvgIpc) is 3.27. The highest BCUT2D eigenvalue weighted by atomic mass is 16.2. The summed E-state index contributed by atoms with van der Waals surface area (Å²) in [6.07, 6.45) is 2.48. The third-order valence-electron chi connectivity index (χ3n) is 4.71. The number of benzene rings is 2. The minimum Gasteiger partial charge on any atom is -0.376 e. The van der Waals surface area contributed by atoms with E-state index < -0.39 is 0 Å². The molecule has 2 aromatic carbocycles. The first kappa shape index (κ1) is 20.4. The first-order chi connectivity index (χ1) is 14.0. The molecule has 3 amide bonds. The zero-order chi connectivity index (χ0) is 20.6. The van der Waals surface area contributed by atoms with Crippen LogP contribution < -0.4 is 16.0 Å². The third kappa shape index (κ3) is 5.81. The van der Waals surface area contributed by atoms with Crippen LogP contribution in [-0.2, 0) is 9.59 Å². The molecule has 1 saturated heterocycles. The van der Waals surface area contributed by atoms with Crippen LogP contribution >= 0.6 is 0 Å². The van der Waals surface area contributed by atoms with Crippen molar-refractivity contribution in [2.75, 3.05) is 35.6 Å². The van der Waals surface area contributed by atoms with E-state index in [1.54, 1.807) is 49.4 Å². The summed E-state index contributed by atoms with van der Waals surface area (Å²) in [5, 5.41) is 8.64. The van der Waals surface area contributed by atoms with Gasteiger partial charge in [0.1, 0.15) is 0 Å². The molecule has 0 bridgehead atoms. The Balaban J connectivity index is 1.54. The Labute approximate surface area is 170 Å². The van der Waals surface area contributed by atoms with Crippen LogP contribution in [0, 0.1) is 0 Å². The lowest BCUT2D eigenvalue weighted by Crippen LogP contribution is -2.27. The van der Waals surface area contributed by atoms with E-state index in [0.717, 1.165) is 31.6 Å². The average molecular weight is 394 g/mol. The van der Waals surface area contributed by atoms with Crippen molar-refractivity contribution in [2.45, 2.75) is 26.2 Å². The van der Waals surface area contributed by atoms with Gasteiger partial charge < -0.3 is 20.9 Å². The molecular weight excluding hydrogens is 368 g/mol. The second kappa shape index (κ2) is 9.73. The normalized spacial score (nSPS) is 13.1. The molecule has 0 aromatic heterocycles. The molecule has 1 fully saturated rings. The number of carbonyl (C=O) groups excluding carboxylic acids is 3. The van der Waals surface area contributed by atoms with E-state index in [1.165, 1.54) is 0 Å². The number of anilines is 3. The summed E-state index contributed by atoms with van der Waals surface area (Å²) < 4.78 is 0. The smallest absolute Gasteiger partial charge is 0.253 e. The van der Waals surface area contributed by atoms with Gasteiger partial charge in [0.2, 0.25) is 11.8 Å². The van der Waals surface area contributed by atoms with Gasteiger partial charge in [-0.3, -0.25) is 14.4 Å². The largest absolute Gasteiger partial charge is 0.376 e. The van der Waals surface area contributed by atoms with Gasteiger partial charge in [-0.05, 0) is 49.2 Å². The van der Waals surface area contributed by atoms with Crippen LogP contribution in [0.1, 0.15) is 36.5 Å². The van der Waals surface area contributed by atoms with Crippen LogP contribution in [0.25, 0.3) is 0 Å². The fourth-order valence-corrected chi connectivity index (χ4v) is 3.18. The lowest BCUT2D eigenvalue weighted by Gasteiger charge is -2.16. The van der Waals surface area contributed by atoms with Gasteiger partial charge in [-0.2, -0.15) is 0 Å². The Kier molecular flexibility index (Phi) is 6.84. The minimum absolute atomic E-state index is 0.00247. The molecule has 0 aliphatic carbocycles. The number of likely N-dealkylation sites (tertiary alicyclic amines) is 1. The number of amides is 3. The Morgan fingerprint density at radius 1 is 0.862 bits per heavy atom. The van der Waals surface area contributed by atoms with Crippen molar-refractivity contribution in [2.24, 2.45) is 0 Å². The fourth-order valence-electron chi connectivity index (χ4n) is 3.18. The molecule has 0 unspecified atom stereocenters. The molecule has 7 nitrogen and oxygen atoms in total. The summed E-state index contributed by atoms with van der Waals surface area (Å²) >= 11 is 0. The standard InChI is InChI=1S/C22H26N4O3/c1-2-20(27)24-19-10-6-8-17(14-19)23-15-21(28)25-18-9-5-7-16(13-18)22(29)26-11-3-4-12-26/h5-10,13-14,23H,2-4,11-12,15H2,1H3,(H,24,27)(H,25,28). The molecule has 0 spiro atoms. The predicted octanol–water partition coefficient (Wildman–Crippen LogP) is 3.32. The van der Waals surface area contributed by atoms with E-state index in [2.05, 4.69) is 16.0 Å². The maximum atomic E-state index is 12.5. The molecule has 0 saturated carbocycles. The zero-order valence-electron chi connectivity index (χ0n) is 16.5. The molecule has 0 radical (unpaired) electrons. The van der Waals surface area contributed by atoms with E-state index in [-0.39, 0.29) is 24.3 Å². The molecule has 1 aliphatic heterocycles. The van der Waals surface area contributed by atoms with E-state index in [0.29, 0.717) is 23.4 Å². The van der Waals surface area contributed by atoms with Crippen molar-refractivity contribution in [3.05, 3.63) is 54.1 Å². The van der Waals surface area contributed by atoms with Crippen molar-refractivity contribution < 1.29 is 14.4 Å². The number of rotatable bonds is 7. The maximum Gasteiger partial charge on any atom is 0.253 e.